The highest BCUT2D eigenvalue weighted by molar-refractivity contribution is 8.13. The highest BCUT2D eigenvalue weighted by Crippen LogP contribution is 2.46. The SMILES string of the molecule is N#Cc1cc([C@]23COC(CO)C[C@H]2CSC(N)=N3)c(F)cc1F. The molecular formula is C15H15F2N3O2S. The van der Waals surface area contributed by atoms with Crippen molar-refractivity contribution < 1.29 is 18.6 Å². The van der Waals surface area contributed by atoms with Crippen LogP contribution in [0.3, 0.4) is 0 Å². The van der Waals surface area contributed by atoms with Gasteiger partial charge in [-0.05, 0) is 12.5 Å². The fourth-order valence-corrected chi connectivity index (χ4v) is 4.15. The van der Waals surface area contributed by atoms with Gasteiger partial charge < -0.3 is 15.6 Å². The van der Waals surface area contributed by atoms with Crippen molar-refractivity contribution in [2.75, 3.05) is 19.0 Å². The van der Waals surface area contributed by atoms with Gasteiger partial charge in [-0.1, -0.05) is 11.8 Å². The average molecular weight is 339 g/mol. The molecule has 3 N–H and O–H groups in total. The van der Waals surface area contributed by atoms with E-state index < -0.39 is 17.2 Å². The Morgan fingerprint density at radius 3 is 2.96 bits per heavy atom. The number of nitrogens with two attached hydrogens (primary N) is 1. The fourth-order valence-electron chi connectivity index (χ4n) is 3.14. The highest BCUT2D eigenvalue weighted by Gasteiger charge is 2.49. The first kappa shape index (κ1) is 16.2. The van der Waals surface area contributed by atoms with E-state index in [-0.39, 0.29) is 36.4 Å². The van der Waals surface area contributed by atoms with Crippen molar-refractivity contribution in [1.29, 1.82) is 5.26 Å². The number of aliphatic hydroxyl groups is 1. The lowest BCUT2D eigenvalue weighted by Crippen LogP contribution is -2.51. The molecule has 0 amide bonds. The summed E-state index contributed by atoms with van der Waals surface area (Å²) in [6.45, 7) is -0.108. The van der Waals surface area contributed by atoms with Crippen LogP contribution in [0.1, 0.15) is 17.5 Å². The van der Waals surface area contributed by atoms with E-state index in [0.717, 1.165) is 0 Å². The number of halogens is 2. The standard InChI is InChI=1S/C15H15F2N3O2S/c16-12-3-13(17)11(1-8(12)4-18)15-7-22-10(5-21)2-9(15)6-23-14(19)20-15/h1,3,9-10,21H,2,5-7H2,(H2,19,20)/t9-,10?,15-/m0/s1. The maximum Gasteiger partial charge on any atom is 0.154 e. The summed E-state index contributed by atoms with van der Waals surface area (Å²) in [5, 5.41) is 18.6. The molecule has 3 rings (SSSR count). The van der Waals surface area contributed by atoms with Gasteiger partial charge in [-0.2, -0.15) is 5.26 Å². The van der Waals surface area contributed by atoms with E-state index in [9.17, 15) is 13.9 Å². The molecule has 0 saturated carbocycles. The van der Waals surface area contributed by atoms with Gasteiger partial charge >= 0.3 is 0 Å². The van der Waals surface area contributed by atoms with Gasteiger partial charge in [0, 0.05) is 23.3 Å². The zero-order valence-corrected chi connectivity index (χ0v) is 12.9. The number of benzene rings is 1. The Kier molecular flexibility index (Phi) is 4.27. The van der Waals surface area contributed by atoms with E-state index in [4.69, 9.17) is 15.7 Å². The molecule has 0 aromatic heterocycles. The minimum absolute atomic E-state index is 0.0254. The topological polar surface area (TPSA) is 91.6 Å². The van der Waals surface area contributed by atoms with Crippen molar-refractivity contribution in [2.45, 2.75) is 18.1 Å². The average Bonchev–Trinajstić information content (AvgIpc) is 2.54. The van der Waals surface area contributed by atoms with Crippen LogP contribution in [0.4, 0.5) is 8.78 Å². The molecule has 122 valence electrons. The highest BCUT2D eigenvalue weighted by atomic mass is 32.2. The fraction of sp³-hybridized carbons (Fsp3) is 0.467. The van der Waals surface area contributed by atoms with Crippen LogP contribution in [0.15, 0.2) is 17.1 Å². The number of hydrogen-bond acceptors (Lipinski definition) is 6. The molecule has 1 unspecified atom stereocenters. The van der Waals surface area contributed by atoms with Crippen LogP contribution in [0.25, 0.3) is 0 Å². The lowest BCUT2D eigenvalue weighted by atomic mass is 9.74. The molecule has 1 aromatic rings. The minimum atomic E-state index is -1.09. The van der Waals surface area contributed by atoms with Gasteiger partial charge in [-0.15, -0.1) is 0 Å². The van der Waals surface area contributed by atoms with E-state index in [1.54, 1.807) is 6.07 Å². The first-order valence-corrected chi connectivity index (χ1v) is 8.09. The number of fused-ring (bicyclic) bond motifs is 1. The summed E-state index contributed by atoms with van der Waals surface area (Å²) in [5.41, 5.74) is 4.60. The third kappa shape index (κ3) is 2.69. The monoisotopic (exact) mass is 339 g/mol. The molecule has 1 aromatic carbocycles. The van der Waals surface area contributed by atoms with E-state index in [1.807, 2.05) is 0 Å². The molecule has 0 spiro atoms. The van der Waals surface area contributed by atoms with E-state index in [0.29, 0.717) is 23.4 Å². The zero-order valence-electron chi connectivity index (χ0n) is 12.1. The third-order valence-corrected chi connectivity index (χ3v) is 5.31. The Balaban J connectivity index is 2.14. The second-order valence-corrected chi connectivity index (χ2v) is 6.70. The van der Waals surface area contributed by atoms with E-state index >= 15 is 0 Å². The Morgan fingerprint density at radius 2 is 2.26 bits per heavy atom. The van der Waals surface area contributed by atoms with E-state index in [2.05, 4.69) is 4.99 Å². The summed E-state index contributed by atoms with van der Waals surface area (Å²) in [6.07, 6.45) is 0.140. The molecule has 8 heteroatoms. The molecule has 2 aliphatic rings. The second-order valence-electron chi connectivity index (χ2n) is 5.66. The van der Waals surface area contributed by atoms with Gasteiger partial charge in [0.25, 0.3) is 0 Å². The summed E-state index contributed by atoms with van der Waals surface area (Å²) in [6, 6.07) is 3.61. The van der Waals surface area contributed by atoms with Crippen molar-refractivity contribution >= 4 is 16.9 Å². The zero-order chi connectivity index (χ0) is 16.6. The van der Waals surface area contributed by atoms with Gasteiger partial charge in [0.05, 0.1) is 24.9 Å². The van der Waals surface area contributed by atoms with Crippen LogP contribution in [0, 0.1) is 28.9 Å². The van der Waals surface area contributed by atoms with E-state index in [1.165, 1.54) is 17.8 Å². The Hall–Kier alpha value is -1.69. The van der Waals surface area contributed by atoms with Gasteiger partial charge in [0.2, 0.25) is 0 Å². The molecule has 5 nitrogen and oxygen atoms in total. The Labute approximate surface area is 136 Å². The van der Waals surface area contributed by atoms with Crippen molar-refractivity contribution in [3.63, 3.8) is 0 Å². The molecule has 1 fully saturated rings. The summed E-state index contributed by atoms with van der Waals surface area (Å²) in [5.74, 6) is -1.22. The molecule has 0 radical (unpaired) electrons. The van der Waals surface area contributed by atoms with Crippen molar-refractivity contribution in [3.05, 3.63) is 34.9 Å². The predicted octanol–water partition coefficient (Wildman–Crippen LogP) is 1.49. The first-order valence-electron chi connectivity index (χ1n) is 7.10. The number of hydrogen-bond donors (Lipinski definition) is 2. The normalized spacial score (nSPS) is 30.3. The lowest BCUT2D eigenvalue weighted by molar-refractivity contribution is -0.0771. The Bertz CT molecular complexity index is 707. The minimum Gasteiger partial charge on any atom is -0.394 e. The molecule has 2 heterocycles. The molecule has 2 aliphatic heterocycles. The van der Waals surface area contributed by atoms with Gasteiger partial charge in [0.1, 0.15) is 23.2 Å². The van der Waals surface area contributed by atoms with Crippen LogP contribution < -0.4 is 5.73 Å². The number of nitrogens with zero attached hydrogens (tertiary/aromatic N) is 2. The number of aliphatic imine (C=N–C) groups is 1. The number of thioether (sulfide) groups is 1. The first-order chi connectivity index (χ1) is 11.0. The van der Waals surface area contributed by atoms with Crippen molar-refractivity contribution in [2.24, 2.45) is 16.6 Å². The van der Waals surface area contributed by atoms with Gasteiger partial charge in [0.15, 0.2) is 5.17 Å². The number of aliphatic hydroxyl groups excluding tert-OH is 1. The molecule has 0 bridgehead atoms. The number of amidine groups is 1. The van der Waals surface area contributed by atoms with Crippen LogP contribution in [-0.4, -0.2) is 35.3 Å². The largest absolute Gasteiger partial charge is 0.394 e. The maximum absolute atomic E-state index is 14.5. The van der Waals surface area contributed by atoms with Gasteiger partial charge in [-0.25, -0.2) is 13.8 Å². The molecule has 3 atom stereocenters. The lowest BCUT2D eigenvalue weighted by Gasteiger charge is -2.46. The maximum atomic E-state index is 14.5. The smallest absolute Gasteiger partial charge is 0.154 e. The number of rotatable bonds is 2. The number of ether oxygens (including phenoxy) is 1. The van der Waals surface area contributed by atoms with Gasteiger partial charge in [-0.3, -0.25) is 0 Å². The van der Waals surface area contributed by atoms with Crippen molar-refractivity contribution in [1.82, 2.24) is 0 Å². The van der Waals surface area contributed by atoms with Crippen LogP contribution in [-0.2, 0) is 10.3 Å². The van der Waals surface area contributed by atoms with Crippen LogP contribution in [0.2, 0.25) is 0 Å². The molecule has 1 saturated heterocycles. The summed E-state index contributed by atoms with van der Waals surface area (Å²) >= 11 is 1.36. The summed E-state index contributed by atoms with van der Waals surface area (Å²) in [7, 11) is 0. The van der Waals surface area contributed by atoms with Crippen LogP contribution in [0.5, 0.6) is 0 Å². The summed E-state index contributed by atoms with van der Waals surface area (Å²) < 4.78 is 33.7. The number of nitriles is 1. The van der Waals surface area contributed by atoms with Crippen molar-refractivity contribution in [3.8, 4) is 6.07 Å². The van der Waals surface area contributed by atoms with Crippen LogP contribution >= 0.6 is 11.8 Å². The second kappa shape index (κ2) is 6.07. The predicted molar refractivity (Wildman–Crippen MR) is 81.8 cm³/mol. The molecular weight excluding hydrogens is 324 g/mol. The summed E-state index contributed by atoms with van der Waals surface area (Å²) in [4.78, 5) is 4.42. The Morgan fingerprint density at radius 1 is 1.48 bits per heavy atom. The quantitative estimate of drug-likeness (QED) is 0.852. The molecule has 0 aliphatic carbocycles. The molecule has 23 heavy (non-hydrogen) atoms. The third-order valence-electron chi connectivity index (χ3n) is 4.35.